The van der Waals surface area contributed by atoms with Crippen LogP contribution in [0.5, 0.6) is 0 Å². The highest BCUT2D eigenvalue weighted by molar-refractivity contribution is 6.05. The molecule has 7 heteroatoms. The summed E-state index contributed by atoms with van der Waals surface area (Å²) in [5, 5.41) is 2.73. The molecule has 1 fully saturated rings. The lowest BCUT2D eigenvalue weighted by Crippen LogP contribution is -2.38. The molecule has 2 aromatic rings. The van der Waals surface area contributed by atoms with Crippen LogP contribution in [0.25, 0.3) is 0 Å². The third-order valence-corrected chi connectivity index (χ3v) is 4.96. The van der Waals surface area contributed by atoms with Gasteiger partial charge in [0, 0.05) is 30.5 Å². The van der Waals surface area contributed by atoms with E-state index in [0.717, 1.165) is 25.9 Å². The molecule has 1 N–H and O–H groups in total. The Bertz CT molecular complexity index is 887. The SMILES string of the molecule is CCOC(=O)c1ccc(NC(=O)c2cc(C(=O)N3CCC(C)CC3)ccn2)cc1. The number of nitrogens with one attached hydrogen (secondary N) is 1. The largest absolute Gasteiger partial charge is 0.462 e. The molecule has 2 heterocycles. The van der Waals surface area contributed by atoms with Gasteiger partial charge in [-0.05, 0) is 62.1 Å². The van der Waals surface area contributed by atoms with Crippen molar-refractivity contribution in [2.24, 2.45) is 5.92 Å². The third kappa shape index (κ3) is 5.19. The van der Waals surface area contributed by atoms with Crippen LogP contribution in [0.4, 0.5) is 5.69 Å². The van der Waals surface area contributed by atoms with E-state index in [4.69, 9.17) is 4.74 Å². The van der Waals surface area contributed by atoms with Crippen molar-refractivity contribution in [2.75, 3.05) is 25.0 Å². The molecule has 0 bridgehead atoms. The van der Waals surface area contributed by atoms with E-state index >= 15 is 0 Å². The maximum absolute atomic E-state index is 12.7. The molecule has 0 radical (unpaired) electrons. The number of hydrogen-bond donors (Lipinski definition) is 1. The Morgan fingerprint density at radius 2 is 1.79 bits per heavy atom. The first kappa shape index (κ1) is 20.5. The molecule has 0 saturated carbocycles. The van der Waals surface area contributed by atoms with Gasteiger partial charge in [-0.2, -0.15) is 0 Å². The maximum atomic E-state index is 12.7. The fourth-order valence-corrected chi connectivity index (χ4v) is 3.18. The van der Waals surface area contributed by atoms with E-state index in [2.05, 4.69) is 17.2 Å². The first-order valence-corrected chi connectivity index (χ1v) is 9.81. The number of hydrogen-bond acceptors (Lipinski definition) is 5. The summed E-state index contributed by atoms with van der Waals surface area (Å²) < 4.78 is 4.94. The van der Waals surface area contributed by atoms with Crippen LogP contribution in [0.3, 0.4) is 0 Å². The molecule has 7 nitrogen and oxygen atoms in total. The Kier molecular flexibility index (Phi) is 6.59. The number of pyridine rings is 1. The molecule has 0 spiro atoms. The van der Waals surface area contributed by atoms with Crippen LogP contribution >= 0.6 is 0 Å². The first-order valence-electron chi connectivity index (χ1n) is 9.81. The zero-order valence-corrected chi connectivity index (χ0v) is 16.7. The quantitative estimate of drug-likeness (QED) is 0.784. The predicted molar refractivity (Wildman–Crippen MR) is 109 cm³/mol. The number of anilines is 1. The first-order chi connectivity index (χ1) is 14.0. The lowest BCUT2D eigenvalue weighted by Gasteiger charge is -2.30. The van der Waals surface area contributed by atoms with Crippen molar-refractivity contribution in [2.45, 2.75) is 26.7 Å². The van der Waals surface area contributed by atoms with Crippen LogP contribution < -0.4 is 5.32 Å². The predicted octanol–water partition coefficient (Wildman–Crippen LogP) is 3.38. The number of likely N-dealkylation sites (tertiary alicyclic amines) is 1. The lowest BCUT2D eigenvalue weighted by molar-refractivity contribution is 0.0526. The Morgan fingerprint density at radius 3 is 2.45 bits per heavy atom. The second-order valence-electron chi connectivity index (χ2n) is 7.16. The number of rotatable bonds is 5. The number of nitrogens with zero attached hydrogens (tertiary/aromatic N) is 2. The molecule has 1 aromatic heterocycles. The van der Waals surface area contributed by atoms with E-state index in [9.17, 15) is 14.4 Å². The fraction of sp³-hybridized carbons (Fsp3) is 0.364. The molecule has 3 rings (SSSR count). The van der Waals surface area contributed by atoms with E-state index in [-0.39, 0.29) is 11.6 Å². The monoisotopic (exact) mass is 395 g/mol. The molecule has 1 saturated heterocycles. The summed E-state index contributed by atoms with van der Waals surface area (Å²) in [6.45, 7) is 5.70. The van der Waals surface area contributed by atoms with E-state index in [1.807, 2.05) is 4.90 Å². The number of carbonyl (C=O) groups excluding carboxylic acids is 3. The number of ether oxygens (including phenoxy) is 1. The van der Waals surface area contributed by atoms with Crippen LogP contribution in [0.15, 0.2) is 42.6 Å². The van der Waals surface area contributed by atoms with E-state index in [1.54, 1.807) is 37.3 Å². The van der Waals surface area contributed by atoms with Gasteiger partial charge in [-0.15, -0.1) is 0 Å². The standard InChI is InChI=1S/C22H25N3O4/c1-3-29-22(28)16-4-6-18(7-5-16)24-20(26)19-14-17(8-11-23-19)21(27)25-12-9-15(2)10-13-25/h4-8,11,14-15H,3,9-10,12-13H2,1-2H3,(H,24,26). The molecule has 1 aliphatic rings. The second kappa shape index (κ2) is 9.32. The Labute approximate surface area is 170 Å². The van der Waals surface area contributed by atoms with E-state index in [1.165, 1.54) is 12.3 Å². The van der Waals surface area contributed by atoms with Crippen molar-refractivity contribution >= 4 is 23.5 Å². The van der Waals surface area contributed by atoms with Crippen LogP contribution in [0, 0.1) is 5.92 Å². The van der Waals surface area contributed by atoms with Crippen molar-refractivity contribution in [3.05, 3.63) is 59.4 Å². The minimum Gasteiger partial charge on any atom is -0.462 e. The fourth-order valence-electron chi connectivity index (χ4n) is 3.18. The highest BCUT2D eigenvalue weighted by Crippen LogP contribution is 2.19. The Morgan fingerprint density at radius 1 is 1.10 bits per heavy atom. The van der Waals surface area contributed by atoms with Crippen molar-refractivity contribution in [3.63, 3.8) is 0 Å². The van der Waals surface area contributed by atoms with Crippen LogP contribution in [0.2, 0.25) is 0 Å². The molecule has 2 amide bonds. The van der Waals surface area contributed by atoms with Gasteiger partial charge in [-0.25, -0.2) is 4.79 Å². The minimum absolute atomic E-state index is 0.0767. The molecular weight excluding hydrogens is 370 g/mol. The average Bonchev–Trinajstić information content (AvgIpc) is 2.74. The number of aromatic nitrogens is 1. The van der Waals surface area contributed by atoms with Crippen molar-refractivity contribution in [1.82, 2.24) is 9.88 Å². The van der Waals surface area contributed by atoms with Gasteiger partial charge < -0.3 is 15.0 Å². The van der Waals surface area contributed by atoms with Crippen molar-refractivity contribution < 1.29 is 19.1 Å². The molecule has 1 aliphatic heterocycles. The Hall–Kier alpha value is -3.22. The number of piperidine rings is 1. The molecule has 0 aliphatic carbocycles. The summed E-state index contributed by atoms with van der Waals surface area (Å²) in [5.74, 6) is -0.277. The number of esters is 1. The highest BCUT2D eigenvalue weighted by Gasteiger charge is 2.22. The summed E-state index contributed by atoms with van der Waals surface area (Å²) in [6.07, 6.45) is 3.45. The number of benzene rings is 1. The summed E-state index contributed by atoms with van der Waals surface area (Å²) in [4.78, 5) is 42.9. The second-order valence-corrected chi connectivity index (χ2v) is 7.16. The van der Waals surface area contributed by atoms with Crippen LogP contribution in [0.1, 0.15) is 57.9 Å². The van der Waals surface area contributed by atoms with E-state index in [0.29, 0.717) is 29.3 Å². The maximum Gasteiger partial charge on any atom is 0.338 e. The molecule has 29 heavy (non-hydrogen) atoms. The summed E-state index contributed by atoms with van der Waals surface area (Å²) in [6, 6.07) is 9.55. The van der Waals surface area contributed by atoms with Crippen molar-refractivity contribution in [3.8, 4) is 0 Å². The minimum atomic E-state index is -0.421. The normalized spacial score (nSPS) is 14.3. The van der Waals surface area contributed by atoms with Gasteiger partial charge in [0.05, 0.1) is 12.2 Å². The molecule has 1 aromatic carbocycles. The molecule has 0 unspecified atom stereocenters. The smallest absolute Gasteiger partial charge is 0.338 e. The number of carbonyl (C=O) groups is 3. The zero-order chi connectivity index (χ0) is 20.8. The van der Waals surface area contributed by atoms with Gasteiger partial charge in [0.25, 0.3) is 11.8 Å². The third-order valence-electron chi connectivity index (χ3n) is 4.96. The average molecular weight is 395 g/mol. The van der Waals surface area contributed by atoms with Crippen molar-refractivity contribution in [1.29, 1.82) is 0 Å². The van der Waals surface area contributed by atoms with E-state index < -0.39 is 11.9 Å². The van der Waals surface area contributed by atoms with Gasteiger partial charge in [0.1, 0.15) is 5.69 Å². The zero-order valence-electron chi connectivity index (χ0n) is 16.7. The van der Waals surface area contributed by atoms with Gasteiger partial charge >= 0.3 is 5.97 Å². The summed E-state index contributed by atoms with van der Waals surface area (Å²) in [5.41, 5.74) is 1.55. The summed E-state index contributed by atoms with van der Waals surface area (Å²) >= 11 is 0. The highest BCUT2D eigenvalue weighted by atomic mass is 16.5. The van der Waals surface area contributed by atoms with Gasteiger partial charge in [-0.1, -0.05) is 6.92 Å². The molecule has 0 atom stereocenters. The van der Waals surface area contributed by atoms with Gasteiger partial charge in [0.2, 0.25) is 0 Å². The van der Waals surface area contributed by atoms with Crippen LogP contribution in [-0.4, -0.2) is 47.4 Å². The summed E-state index contributed by atoms with van der Waals surface area (Å²) in [7, 11) is 0. The topological polar surface area (TPSA) is 88.6 Å². The van der Waals surface area contributed by atoms with Crippen LogP contribution in [-0.2, 0) is 4.74 Å². The molecular formula is C22H25N3O4. The number of amides is 2. The van der Waals surface area contributed by atoms with Gasteiger partial charge in [-0.3, -0.25) is 14.6 Å². The lowest BCUT2D eigenvalue weighted by atomic mass is 9.98. The molecule has 152 valence electrons. The van der Waals surface area contributed by atoms with Gasteiger partial charge in [0.15, 0.2) is 0 Å². The Balaban J connectivity index is 1.66.